The van der Waals surface area contributed by atoms with Gasteiger partial charge in [0.2, 0.25) is 0 Å². The Balaban J connectivity index is 1.97. The van der Waals surface area contributed by atoms with Gasteiger partial charge in [-0.3, -0.25) is 0 Å². The van der Waals surface area contributed by atoms with E-state index < -0.39 is 5.97 Å². The van der Waals surface area contributed by atoms with Crippen molar-refractivity contribution in [1.82, 2.24) is 4.90 Å². The van der Waals surface area contributed by atoms with Crippen molar-refractivity contribution in [3.05, 3.63) is 28.8 Å². The first-order chi connectivity index (χ1) is 9.08. The number of benzene rings is 1. The summed E-state index contributed by atoms with van der Waals surface area (Å²) < 4.78 is 5.71. The Morgan fingerprint density at radius 1 is 1.53 bits per heavy atom. The molecule has 1 saturated heterocycles. The number of aromatic carboxylic acids is 1. The topological polar surface area (TPSA) is 49.8 Å². The summed E-state index contributed by atoms with van der Waals surface area (Å²) in [5.74, 6) is -0.439. The highest BCUT2D eigenvalue weighted by Gasteiger charge is 2.19. The van der Waals surface area contributed by atoms with Gasteiger partial charge in [0, 0.05) is 6.04 Å². The average Bonchev–Trinajstić information content (AvgIpc) is 2.39. The molecule has 1 atom stereocenters. The summed E-state index contributed by atoms with van der Waals surface area (Å²) in [5, 5.41) is 9.21. The van der Waals surface area contributed by atoms with E-state index in [1.807, 2.05) is 0 Å². The summed E-state index contributed by atoms with van der Waals surface area (Å²) in [6, 6.07) is 4.95. The van der Waals surface area contributed by atoms with Crippen LogP contribution in [0.2, 0.25) is 5.02 Å². The Morgan fingerprint density at radius 2 is 2.32 bits per heavy atom. The molecule has 0 aliphatic carbocycles. The molecule has 1 aromatic carbocycles. The molecule has 5 heteroatoms. The maximum Gasteiger partial charge on any atom is 0.335 e. The van der Waals surface area contributed by atoms with E-state index in [4.69, 9.17) is 21.4 Å². The largest absolute Gasteiger partial charge is 0.490 e. The summed E-state index contributed by atoms with van der Waals surface area (Å²) in [7, 11) is 2.10. The quantitative estimate of drug-likeness (QED) is 0.923. The molecule has 0 bridgehead atoms. The van der Waals surface area contributed by atoms with Crippen LogP contribution in [0.5, 0.6) is 5.75 Å². The first-order valence-corrected chi connectivity index (χ1v) is 6.81. The number of hydrogen-bond donors (Lipinski definition) is 1. The van der Waals surface area contributed by atoms with Crippen molar-refractivity contribution in [3.8, 4) is 5.75 Å². The number of rotatable bonds is 4. The van der Waals surface area contributed by atoms with Crippen molar-refractivity contribution >= 4 is 17.6 Å². The van der Waals surface area contributed by atoms with E-state index in [1.165, 1.54) is 25.0 Å². The Labute approximate surface area is 117 Å². The van der Waals surface area contributed by atoms with E-state index in [0.29, 0.717) is 23.4 Å². The van der Waals surface area contributed by atoms with Gasteiger partial charge in [-0.1, -0.05) is 18.0 Å². The Morgan fingerprint density at radius 3 is 2.95 bits per heavy atom. The summed E-state index contributed by atoms with van der Waals surface area (Å²) in [4.78, 5) is 13.1. The number of hydrogen-bond acceptors (Lipinski definition) is 3. The van der Waals surface area contributed by atoms with Gasteiger partial charge in [0.05, 0.1) is 10.6 Å². The fraction of sp³-hybridized carbons (Fsp3) is 0.500. The van der Waals surface area contributed by atoms with Crippen LogP contribution in [0.1, 0.15) is 29.6 Å². The average molecular weight is 284 g/mol. The number of carboxylic acid groups (broad SMARTS) is 1. The number of ether oxygens (including phenoxy) is 1. The number of carbonyl (C=O) groups is 1. The molecule has 1 N–H and O–H groups in total. The third-order valence-electron chi connectivity index (χ3n) is 3.53. The van der Waals surface area contributed by atoms with Crippen molar-refractivity contribution in [2.45, 2.75) is 25.3 Å². The molecule has 1 fully saturated rings. The van der Waals surface area contributed by atoms with E-state index in [2.05, 4.69) is 11.9 Å². The standard InChI is InChI=1S/C14H18ClNO3/c1-16-7-3-2-4-11(16)9-19-13-6-5-10(14(17)18)8-12(13)15/h5-6,8,11H,2-4,7,9H2,1H3,(H,17,18). The van der Waals surface area contributed by atoms with Crippen LogP contribution < -0.4 is 4.74 Å². The lowest BCUT2D eigenvalue weighted by molar-refractivity contribution is 0.0697. The Kier molecular flexibility index (Phi) is 4.66. The highest BCUT2D eigenvalue weighted by molar-refractivity contribution is 6.32. The zero-order chi connectivity index (χ0) is 13.8. The lowest BCUT2D eigenvalue weighted by atomic mass is 10.0. The Bertz CT molecular complexity index is 464. The zero-order valence-electron chi connectivity index (χ0n) is 10.9. The molecular weight excluding hydrogens is 266 g/mol. The van der Waals surface area contributed by atoms with Crippen LogP contribution in [0.4, 0.5) is 0 Å². The molecule has 19 heavy (non-hydrogen) atoms. The van der Waals surface area contributed by atoms with Crippen molar-refractivity contribution in [1.29, 1.82) is 0 Å². The zero-order valence-corrected chi connectivity index (χ0v) is 11.7. The third kappa shape index (κ3) is 3.61. The maximum absolute atomic E-state index is 10.8. The van der Waals surface area contributed by atoms with Gasteiger partial charge < -0.3 is 14.7 Å². The van der Waals surface area contributed by atoms with Crippen molar-refractivity contribution in [2.24, 2.45) is 0 Å². The number of piperidine rings is 1. The van der Waals surface area contributed by atoms with E-state index >= 15 is 0 Å². The minimum atomic E-state index is -0.986. The predicted octanol–water partition coefficient (Wildman–Crippen LogP) is 2.90. The van der Waals surface area contributed by atoms with Gasteiger partial charge in [-0.25, -0.2) is 4.79 Å². The van der Waals surface area contributed by atoms with Crippen LogP contribution in [0.25, 0.3) is 0 Å². The second kappa shape index (κ2) is 6.26. The number of carboxylic acids is 1. The highest BCUT2D eigenvalue weighted by atomic mass is 35.5. The molecule has 1 heterocycles. The van der Waals surface area contributed by atoms with Gasteiger partial charge >= 0.3 is 5.97 Å². The first kappa shape index (κ1) is 14.2. The monoisotopic (exact) mass is 283 g/mol. The van der Waals surface area contributed by atoms with Gasteiger partial charge in [-0.2, -0.15) is 0 Å². The van der Waals surface area contributed by atoms with Crippen LogP contribution in [0.15, 0.2) is 18.2 Å². The molecule has 0 aromatic heterocycles. The van der Waals surface area contributed by atoms with Crippen LogP contribution in [0.3, 0.4) is 0 Å². The molecule has 0 radical (unpaired) electrons. The molecule has 1 aromatic rings. The van der Waals surface area contributed by atoms with Gasteiger partial charge in [-0.05, 0) is 44.6 Å². The number of likely N-dealkylation sites (N-methyl/N-ethyl adjacent to an activating group) is 1. The minimum Gasteiger partial charge on any atom is -0.490 e. The molecule has 0 spiro atoms. The first-order valence-electron chi connectivity index (χ1n) is 6.44. The number of likely N-dealkylation sites (tertiary alicyclic amines) is 1. The summed E-state index contributed by atoms with van der Waals surface area (Å²) >= 11 is 6.03. The van der Waals surface area contributed by atoms with E-state index in [-0.39, 0.29) is 5.56 Å². The van der Waals surface area contributed by atoms with Crippen LogP contribution in [0, 0.1) is 0 Å². The van der Waals surface area contributed by atoms with E-state index in [0.717, 1.165) is 13.0 Å². The maximum atomic E-state index is 10.8. The second-order valence-electron chi connectivity index (χ2n) is 4.89. The van der Waals surface area contributed by atoms with Gasteiger partial charge in [0.25, 0.3) is 0 Å². The molecule has 104 valence electrons. The van der Waals surface area contributed by atoms with Gasteiger partial charge in [-0.15, -0.1) is 0 Å². The number of nitrogens with zero attached hydrogens (tertiary/aromatic N) is 1. The fourth-order valence-corrected chi connectivity index (χ4v) is 2.53. The fourth-order valence-electron chi connectivity index (χ4n) is 2.29. The van der Waals surface area contributed by atoms with E-state index in [9.17, 15) is 4.79 Å². The van der Waals surface area contributed by atoms with Crippen molar-refractivity contribution < 1.29 is 14.6 Å². The molecule has 2 rings (SSSR count). The van der Waals surface area contributed by atoms with Crippen LogP contribution in [-0.2, 0) is 0 Å². The molecule has 1 aliphatic rings. The molecular formula is C14H18ClNO3. The van der Waals surface area contributed by atoms with Gasteiger partial charge in [0.1, 0.15) is 12.4 Å². The third-order valence-corrected chi connectivity index (χ3v) is 3.83. The lowest BCUT2D eigenvalue weighted by Gasteiger charge is -2.32. The normalized spacial score (nSPS) is 20.2. The molecule has 1 aliphatic heterocycles. The van der Waals surface area contributed by atoms with Crippen molar-refractivity contribution in [3.63, 3.8) is 0 Å². The summed E-state index contributed by atoms with van der Waals surface area (Å²) in [6.07, 6.45) is 3.59. The second-order valence-corrected chi connectivity index (χ2v) is 5.30. The predicted molar refractivity (Wildman–Crippen MR) is 74.2 cm³/mol. The van der Waals surface area contributed by atoms with E-state index in [1.54, 1.807) is 6.07 Å². The molecule has 1 unspecified atom stereocenters. The van der Waals surface area contributed by atoms with Crippen molar-refractivity contribution in [2.75, 3.05) is 20.2 Å². The molecule has 0 saturated carbocycles. The lowest BCUT2D eigenvalue weighted by Crippen LogP contribution is -2.40. The Hall–Kier alpha value is -1.26. The van der Waals surface area contributed by atoms with Crippen LogP contribution >= 0.6 is 11.6 Å². The molecule has 0 amide bonds. The summed E-state index contributed by atoms with van der Waals surface area (Å²) in [6.45, 7) is 1.68. The molecule has 4 nitrogen and oxygen atoms in total. The minimum absolute atomic E-state index is 0.173. The SMILES string of the molecule is CN1CCCCC1COc1ccc(C(=O)O)cc1Cl. The highest BCUT2D eigenvalue weighted by Crippen LogP contribution is 2.26. The number of halogens is 1. The summed E-state index contributed by atoms with van der Waals surface area (Å²) in [5.41, 5.74) is 0.173. The smallest absolute Gasteiger partial charge is 0.335 e. The van der Waals surface area contributed by atoms with Crippen LogP contribution in [-0.4, -0.2) is 42.2 Å². The van der Waals surface area contributed by atoms with Gasteiger partial charge in [0.15, 0.2) is 0 Å².